The van der Waals surface area contributed by atoms with Gasteiger partial charge in [-0.05, 0) is 48.9 Å². The minimum atomic E-state index is -0.729. The lowest BCUT2D eigenvalue weighted by Crippen LogP contribution is -2.33. The second kappa shape index (κ2) is 10.2. The number of nitrogens with one attached hydrogen (secondary N) is 3. The van der Waals surface area contributed by atoms with E-state index in [1.165, 1.54) is 10.6 Å². The van der Waals surface area contributed by atoms with E-state index in [1.807, 2.05) is 6.92 Å². The first-order chi connectivity index (χ1) is 15.0. The van der Waals surface area contributed by atoms with E-state index in [0.717, 1.165) is 6.42 Å². The number of aromatic nitrogens is 1. The number of amidine groups is 1. The lowest BCUT2D eigenvalue weighted by molar-refractivity contribution is -0.123. The Kier molecular flexibility index (Phi) is 7.18. The van der Waals surface area contributed by atoms with Gasteiger partial charge in [0.25, 0.3) is 11.5 Å². The van der Waals surface area contributed by atoms with Crippen LogP contribution in [-0.4, -0.2) is 27.6 Å². The molecular formula is C23H24N4O4. The average Bonchev–Trinajstić information content (AvgIpc) is 2.79. The van der Waals surface area contributed by atoms with Gasteiger partial charge in [0.15, 0.2) is 6.10 Å². The summed E-state index contributed by atoms with van der Waals surface area (Å²) in [4.78, 5) is 24.8. The number of ether oxygens (including phenoxy) is 1. The number of benzene rings is 2. The van der Waals surface area contributed by atoms with E-state index in [2.05, 4.69) is 5.32 Å². The summed E-state index contributed by atoms with van der Waals surface area (Å²) in [7, 11) is 0. The van der Waals surface area contributed by atoms with Crippen LogP contribution in [0.2, 0.25) is 0 Å². The molecule has 0 aliphatic heterocycles. The second-order valence-corrected chi connectivity index (χ2v) is 6.85. The highest BCUT2D eigenvalue weighted by Crippen LogP contribution is 2.19. The second-order valence-electron chi connectivity index (χ2n) is 6.85. The molecule has 160 valence electrons. The summed E-state index contributed by atoms with van der Waals surface area (Å²) in [6.45, 7) is 1.96. The Morgan fingerprint density at radius 3 is 2.58 bits per heavy atom. The van der Waals surface area contributed by atoms with Crippen LogP contribution in [0.3, 0.4) is 0 Å². The largest absolute Gasteiger partial charge is 0.481 e. The highest BCUT2D eigenvalue weighted by Gasteiger charge is 2.20. The van der Waals surface area contributed by atoms with E-state index in [1.54, 1.807) is 72.3 Å². The number of amides is 1. The van der Waals surface area contributed by atoms with Crippen molar-refractivity contribution in [2.45, 2.75) is 25.9 Å². The van der Waals surface area contributed by atoms with Gasteiger partial charge in [-0.15, -0.1) is 0 Å². The molecule has 0 aliphatic rings. The van der Waals surface area contributed by atoms with Crippen molar-refractivity contribution < 1.29 is 14.7 Å². The lowest BCUT2D eigenvalue weighted by atomic mass is 10.1. The molecule has 8 heteroatoms. The number of pyridine rings is 1. The molecule has 0 radical (unpaired) electrons. The zero-order valence-electron chi connectivity index (χ0n) is 17.0. The van der Waals surface area contributed by atoms with Crippen LogP contribution in [-0.2, 0) is 4.79 Å². The summed E-state index contributed by atoms with van der Waals surface area (Å²) >= 11 is 0. The van der Waals surface area contributed by atoms with Crippen molar-refractivity contribution in [1.82, 2.24) is 10.0 Å². The Balaban J connectivity index is 1.71. The van der Waals surface area contributed by atoms with Crippen molar-refractivity contribution in [2.75, 3.05) is 5.32 Å². The van der Waals surface area contributed by atoms with Crippen LogP contribution in [0.5, 0.6) is 5.75 Å². The molecule has 31 heavy (non-hydrogen) atoms. The third-order valence-corrected chi connectivity index (χ3v) is 4.59. The van der Waals surface area contributed by atoms with Crippen molar-refractivity contribution >= 4 is 17.4 Å². The smallest absolute Gasteiger partial charge is 0.265 e. The molecule has 1 atom stereocenters. The summed E-state index contributed by atoms with van der Waals surface area (Å²) in [6, 6.07) is 18.5. The van der Waals surface area contributed by atoms with Gasteiger partial charge in [0, 0.05) is 29.2 Å². The molecule has 3 aromatic rings. The predicted molar refractivity (Wildman–Crippen MR) is 118 cm³/mol. The van der Waals surface area contributed by atoms with Crippen LogP contribution in [0, 0.1) is 5.41 Å². The van der Waals surface area contributed by atoms with Gasteiger partial charge in [0.05, 0.1) is 0 Å². The number of carbonyl (C=O) groups excluding carboxylic acids is 1. The van der Waals surface area contributed by atoms with Gasteiger partial charge in [0.2, 0.25) is 0 Å². The van der Waals surface area contributed by atoms with Crippen LogP contribution < -0.4 is 21.1 Å². The number of hydrogen-bond acceptors (Lipinski definition) is 5. The van der Waals surface area contributed by atoms with Gasteiger partial charge in [-0.2, -0.15) is 0 Å². The molecule has 1 heterocycles. The predicted octanol–water partition coefficient (Wildman–Crippen LogP) is 3.33. The van der Waals surface area contributed by atoms with E-state index in [9.17, 15) is 9.59 Å². The number of anilines is 1. The fourth-order valence-electron chi connectivity index (χ4n) is 3.03. The van der Waals surface area contributed by atoms with Crippen LogP contribution in [0.15, 0.2) is 77.7 Å². The number of nitrogens with zero attached hydrogens (tertiary/aromatic N) is 1. The summed E-state index contributed by atoms with van der Waals surface area (Å²) in [5.74, 6) is -0.0447. The summed E-state index contributed by atoms with van der Waals surface area (Å²) in [6.07, 6.45) is 2.19. The zero-order chi connectivity index (χ0) is 22.2. The Morgan fingerprint density at radius 1 is 1.13 bits per heavy atom. The van der Waals surface area contributed by atoms with Crippen LogP contribution in [0.1, 0.15) is 25.3 Å². The van der Waals surface area contributed by atoms with Crippen LogP contribution >= 0.6 is 0 Å². The highest BCUT2D eigenvalue weighted by molar-refractivity contribution is 5.96. The van der Waals surface area contributed by atoms with Crippen LogP contribution in [0.4, 0.5) is 5.69 Å². The summed E-state index contributed by atoms with van der Waals surface area (Å²) in [5.41, 5.74) is 3.37. The Morgan fingerprint density at radius 2 is 1.90 bits per heavy atom. The third kappa shape index (κ3) is 5.58. The molecule has 1 amide bonds. The molecule has 0 saturated carbocycles. The fraction of sp³-hybridized carbons (Fsp3) is 0.174. The molecule has 0 spiro atoms. The van der Waals surface area contributed by atoms with E-state index in [-0.39, 0.29) is 17.3 Å². The maximum absolute atomic E-state index is 12.8. The van der Waals surface area contributed by atoms with E-state index < -0.39 is 6.10 Å². The van der Waals surface area contributed by atoms with E-state index in [4.69, 9.17) is 15.4 Å². The quantitative estimate of drug-likeness (QED) is 0.253. The molecule has 1 unspecified atom stereocenters. The topological polar surface area (TPSA) is 116 Å². The number of hydrogen-bond donors (Lipinski definition) is 4. The first-order valence-corrected chi connectivity index (χ1v) is 9.86. The van der Waals surface area contributed by atoms with Gasteiger partial charge < -0.3 is 10.1 Å². The van der Waals surface area contributed by atoms with Gasteiger partial charge >= 0.3 is 0 Å². The molecule has 0 fully saturated rings. The average molecular weight is 420 g/mol. The maximum atomic E-state index is 12.8. The Hall–Kier alpha value is -3.91. The van der Waals surface area contributed by atoms with Gasteiger partial charge in [-0.25, -0.2) is 0 Å². The number of rotatable bonds is 8. The Labute approximate surface area is 179 Å². The molecule has 4 N–H and O–H groups in total. The first-order valence-electron chi connectivity index (χ1n) is 9.86. The highest BCUT2D eigenvalue weighted by atomic mass is 16.5. The number of hydroxylamine groups is 1. The minimum absolute atomic E-state index is 0.137. The molecule has 8 nitrogen and oxygen atoms in total. The molecule has 0 aliphatic carbocycles. The lowest BCUT2D eigenvalue weighted by Gasteiger charge is -2.19. The fourth-order valence-corrected chi connectivity index (χ4v) is 3.03. The van der Waals surface area contributed by atoms with E-state index >= 15 is 0 Å². The SMILES string of the molecule is CCCC(Oc1cccc(C(=N)NO)c1)C(=O)Nc1ccc(-n2ccccc2=O)cc1. The number of carbonyl (C=O) groups is 1. The zero-order valence-corrected chi connectivity index (χ0v) is 17.0. The standard InChI is InChI=1S/C23H24N4O4/c1-2-6-20(31-19-8-5-7-16(15-19)22(24)26-30)23(29)25-17-10-12-18(13-11-17)27-14-4-3-9-21(27)28/h3-5,7-15,20,30H,2,6H2,1H3,(H2,24,26)(H,25,29). The van der Waals surface area contributed by atoms with Gasteiger partial charge in [0.1, 0.15) is 11.6 Å². The van der Waals surface area contributed by atoms with Gasteiger partial charge in [-0.3, -0.25) is 30.3 Å². The van der Waals surface area contributed by atoms with Gasteiger partial charge in [-0.1, -0.05) is 31.5 Å². The van der Waals surface area contributed by atoms with Crippen molar-refractivity contribution in [3.05, 3.63) is 88.8 Å². The minimum Gasteiger partial charge on any atom is -0.481 e. The van der Waals surface area contributed by atoms with Crippen molar-refractivity contribution in [3.8, 4) is 11.4 Å². The monoisotopic (exact) mass is 420 g/mol. The maximum Gasteiger partial charge on any atom is 0.265 e. The van der Waals surface area contributed by atoms with Crippen molar-refractivity contribution in [2.24, 2.45) is 0 Å². The first kappa shape index (κ1) is 21.8. The summed E-state index contributed by atoms with van der Waals surface area (Å²) in [5, 5.41) is 19.4. The molecule has 0 saturated heterocycles. The third-order valence-electron chi connectivity index (χ3n) is 4.59. The molecule has 2 aromatic carbocycles. The van der Waals surface area contributed by atoms with Crippen molar-refractivity contribution in [1.29, 1.82) is 5.41 Å². The van der Waals surface area contributed by atoms with E-state index in [0.29, 0.717) is 29.1 Å². The molecule has 0 bridgehead atoms. The summed E-state index contributed by atoms with van der Waals surface area (Å²) < 4.78 is 7.38. The molecule has 3 rings (SSSR count). The van der Waals surface area contributed by atoms with Crippen LogP contribution in [0.25, 0.3) is 5.69 Å². The normalized spacial score (nSPS) is 11.4. The Bertz CT molecular complexity index is 1110. The molecular weight excluding hydrogens is 396 g/mol. The molecule has 1 aromatic heterocycles. The van der Waals surface area contributed by atoms with Crippen molar-refractivity contribution in [3.63, 3.8) is 0 Å².